The Balaban J connectivity index is 2.75. The Morgan fingerprint density at radius 2 is 1.12 bits per heavy atom. The van der Waals surface area contributed by atoms with Gasteiger partial charge in [0.2, 0.25) is 41.4 Å². The van der Waals surface area contributed by atoms with Gasteiger partial charge >= 0.3 is 5.96 Å². The van der Waals surface area contributed by atoms with Crippen LogP contribution >= 0.6 is 0 Å². The molecule has 17 N–H and O–H groups in total. The Morgan fingerprint density at radius 1 is 0.643 bits per heavy atom. The Hall–Kier alpha value is -7.05. The summed E-state index contributed by atoms with van der Waals surface area (Å²) in [5.41, 5.74) is 14.4. The molecule has 0 aliphatic heterocycles. The Kier molecular flexibility index (Phi) is 21.0. The standard InChI is InChI=1S/C31H46N12O13/c32-10-21(45)36-11-22(46)37-12-23(47)38-13-24(48)39-14-25(49)41-18(2-1-7-35-31(33)34)28(53)40-15-26(50)42-19(9-27(51)52)29(54)43-20(30(55)56)8-16-3-5-17(44)6-4-16/h3-6,18-20,44H,1-2,7-15,32H2,(H,36,45)(H,37,46)(H,38,47)(H,39,48)(H,40,53)(H,41,49)(H,42,50)(H,43,54)(H,51,52)(H,55,56)(H4,33,34,35)/t18?,19-,20+/m0/s1. The van der Waals surface area contributed by atoms with E-state index in [2.05, 4.69) is 53.3 Å². The molecule has 0 heterocycles. The van der Waals surface area contributed by atoms with E-state index in [-0.39, 0.29) is 50.6 Å². The zero-order valence-electron chi connectivity index (χ0n) is 30.0. The number of nitrogens with one attached hydrogen (secondary N) is 9. The quantitative estimate of drug-likeness (QED) is 0.0248. The van der Waals surface area contributed by atoms with Gasteiger partial charge in [-0.1, -0.05) is 12.1 Å². The second-order valence-corrected chi connectivity index (χ2v) is 11.7. The number of carboxylic acids is 2. The van der Waals surface area contributed by atoms with E-state index in [4.69, 9.17) is 11.5 Å². The number of carbonyl (C=O) groups excluding carboxylic acids is 10. The predicted octanol–water partition coefficient (Wildman–Crippen LogP) is -12.8. The molecule has 0 aliphatic carbocycles. The van der Waals surface area contributed by atoms with Crippen LogP contribution in [0.1, 0.15) is 24.8 Å². The van der Waals surface area contributed by atoms with E-state index in [9.17, 15) is 63.3 Å². The van der Waals surface area contributed by atoms with E-state index in [1.807, 2.05) is 0 Å². The summed E-state index contributed by atoms with van der Waals surface area (Å²) in [6.45, 7) is -2.93. The van der Waals surface area contributed by atoms with E-state index < -0.39 is 110 Å². The molecule has 0 saturated carbocycles. The van der Waals surface area contributed by atoms with Gasteiger partial charge in [-0.3, -0.25) is 54.8 Å². The van der Waals surface area contributed by atoms with E-state index in [0.29, 0.717) is 5.56 Å². The van der Waals surface area contributed by atoms with Gasteiger partial charge in [-0.25, -0.2) is 0 Å². The van der Waals surface area contributed by atoms with Crippen molar-refractivity contribution >= 4 is 65.2 Å². The van der Waals surface area contributed by atoms with E-state index in [1.165, 1.54) is 24.3 Å². The van der Waals surface area contributed by atoms with Crippen molar-refractivity contribution in [1.29, 1.82) is 0 Å². The molecule has 0 fully saturated rings. The molecular formula is C31H46N12O13. The number of carbonyl (C=O) groups is 10. The number of quaternary nitrogens is 1. The maximum Gasteiger partial charge on any atom is 0.338 e. The molecule has 0 radical (unpaired) electrons. The van der Waals surface area contributed by atoms with Gasteiger partial charge in [0.15, 0.2) is 6.54 Å². The van der Waals surface area contributed by atoms with Crippen LogP contribution in [0.4, 0.5) is 0 Å². The van der Waals surface area contributed by atoms with Crippen LogP contribution in [0.2, 0.25) is 0 Å². The maximum atomic E-state index is 13.0. The fourth-order valence-corrected chi connectivity index (χ4v) is 4.29. The van der Waals surface area contributed by atoms with Crippen molar-refractivity contribution in [3.05, 3.63) is 29.8 Å². The summed E-state index contributed by atoms with van der Waals surface area (Å²) in [6.07, 6.45) is -1.27. The van der Waals surface area contributed by atoms with Crippen LogP contribution in [0, 0.1) is 0 Å². The minimum Gasteiger partial charge on any atom is -0.550 e. The molecule has 0 aliphatic rings. The first-order chi connectivity index (χ1) is 26.4. The van der Waals surface area contributed by atoms with Crippen molar-refractivity contribution in [3.8, 4) is 5.75 Å². The molecule has 25 heteroatoms. The predicted molar refractivity (Wildman–Crippen MR) is 183 cm³/mol. The number of hydrogen-bond acceptors (Lipinski definition) is 13. The summed E-state index contributed by atoms with van der Waals surface area (Å²) in [5, 5.41) is 50.0. The summed E-state index contributed by atoms with van der Waals surface area (Å²) >= 11 is 0. The van der Waals surface area contributed by atoms with Crippen molar-refractivity contribution in [1.82, 2.24) is 42.5 Å². The molecular weight excluding hydrogens is 748 g/mol. The molecule has 0 bridgehead atoms. The normalized spacial score (nSPS) is 11.9. The Labute approximate surface area is 318 Å². The molecule has 0 aromatic heterocycles. The third-order valence-electron chi connectivity index (χ3n) is 7.08. The fourth-order valence-electron chi connectivity index (χ4n) is 4.29. The number of aliphatic carboxylic acids is 2. The highest BCUT2D eigenvalue weighted by atomic mass is 16.4. The van der Waals surface area contributed by atoms with Gasteiger partial charge in [0.25, 0.3) is 5.91 Å². The third-order valence-corrected chi connectivity index (χ3v) is 7.08. The summed E-state index contributed by atoms with van der Waals surface area (Å²) in [6, 6.07) is 0.457. The molecule has 0 spiro atoms. The topological polar surface area (TPSA) is 427 Å². The molecule has 1 aromatic rings. The van der Waals surface area contributed by atoms with Crippen molar-refractivity contribution in [3.63, 3.8) is 0 Å². The van der Waals surface area contributed by atoms with Crippen molar-refractivity contribution in [2.45, 2.75) is 43.8 Å². The highest BCUT2D eigenvalue weighted by molar-refractivity contribution is 5.95. The van der Waals surface area contributed by atoms with E-state index >= 15 is 0 Å². The number of carboxylic acid groups (broad SMARTS) is 2. The summed E-state index contributed by atoms with van der Waals surface area (Å²) < 4.78 is 0. The lowest BCUT2D eigenvalue weighted by atomic mass is 10.0. The second kappa shape index (κ2) is 25.1. The number of phenols is 1. The number of phenolic OH excluding ortho intramolecular Hbond substituents is 1. The van der Waals surface area contributed by atoms with E-state index in [1.54, 1.807) is 0 Å². The molecule has 308 valence electrons. The number of guanidine groups is 1. The van der Waals surface area contributed by atoms with Crippen LogP contribution < -0.4 is 74.9 Å². The van der Waals surface area contributed by atoms with Gasteiger partial charge in [0, 0.05) is 12.4 Å². The van der Waals surface area contributed by atoms with Gasteiger partial charge in [-0.05, 0) is 37.0 Å². The van der Waals surface area contributed by atoms with Crippen LogP contribution in [0.3, 0.4) is 0 Å². The smallest absolute Gasteiger partial charge is 0.338 e. The summed E-state index contributed by atoms with van der Waals surface area (Å²) in [5.74, 6) is -10.6. The van der Waals surface area contributed by atoms with Gasteiger partial charge in [-0.2, -0.15) is 0 Å². The Bertz CT molecular complexity index is 1620. The van der Waals surface area contributed by atoms with Crippen LogP contribution in [-0.4, -0.2) is 134 Å². The van der Waals surface area contributed by atoms with Crippen LogP contribution in [0.15, 0.2) is 24.3 Å². The number of amides is 8. The molecule has 1 unspecified atom stereocenters. The average molecular weight is 795 g/mol. The zero-order chi connectivity index (χ0) is 42.2. The number of nitrogens with two attached hydrogens (primary N) is 2. The minimum absolute atomic E-state index is 0.0600. The highest BCUT2D eigenvalue weighted by Gasteiger charge is 2.26. The molecule has 0 saturated heterocycles. The number of rotatable bonds is 25. The molecule has 8 amide bonds. The van der Waals surface area contributed by atoms with Crippen LogP contribution in [-0.2, 0) is 54.4 Å². The molecule has 56 heavy (non-hydrogen) atoms. The molecule has 1 aromatic carbocycles. The summed E-state index contributed by atoms with van der Waals surface area (Å²) in [7, 11) is 0. The van der Waals surface area contributed by atoms with Crippen molar-refractivity contribution < 1.29 is 74.0 Å². The average Bonchev–Trinajstić information content (AvgIpc) is 3.14. The minimum atomic E-state index is -1.85. The zero-order valence-corrected chi connectivity index (χ0v) is 30.0. The van der Waals surface area contributed by atoms with Gasteiger partial charge in [-0.15, -0.1) is 0 Å². The number of aromatic hydroxyl groups is 1. The Morgan fingerprint density at radius 3 is 1.61 bits per heavy atom. The van der Waals surface area contributed by atoms with Crippen molar-refractivity contribution in [2.75, 3.05) is 45.8 Å². The lowest BCUT2D eigenvalue weighted by Gasteiger charge is -2.25. The molecule has 1 rings (SSSR count). The molecule has 25 nitrogen and oxygen atoms in total. The second-order valence-electron chi connectivity index (χ2n) is 11.7. The SMILES string of the molecule is NC(N)=[NH+]CCCC(NC(=O)CNC(=O)CNC(=O)CNC(=O)CNC(=O)C[NH3+])C(=O)NCC(=O)N[C@@H](CC(=O)[O-])C(=O)N[C@H](Cc1ccc(O)cc1)C(=O)[O-]. The van der Waals surface area contributed by atoms with Crippen LogP contribution in [0.25, 0.3) is 0 Å². The fraction of sp³-hybridized carbons (Fsp3) is 0.452. The molecule has 3 atom stereocenters. The lowest BCUT2D eigenvalue weighted by molar-refractivity contribution is -0.459. The number of hydrogen-bond donors (Lipinski definition) is 13. The van der Waals surface area contributed by atoms with Gasteiger partial charge in [0.1, 0.15) is 17.8 Å². The first-order valence-corrected chi connectivity index (χ1v) is 16.7. The van der Waals surface area contributed by atoms with Crippen molar-refractivity contribution in [2.24, 2.45) is 11.5 Å². The first kappa shape index (κ1) is 47.0. The maximum absolute atomic E-state index is 13.0. The third kappa shape index (κ3) is 20.9. The number of benzene rings is 1. The first-order valence-electron chi connectivity index (χ1n) is 16.7. The van der Waals surface area contributed by atoms with Crippen LogP contribution in [0.5, 0.6) is 5.75 Å². The van der Waals surface area contributed by atoms with E-state index in [0.717, 1.165) is 0 Å². The van der Waals surface area contributed by atoms with Gasteiger partial charge < -0.3 is 73.2 Å². The van der Waals surface area contributed by atoms with Gasteiger partial charge in [0.05, 0.1) is 51.3 Å². The lowest BCUT2D eigenvalue weighted by Crippen LogP contribution is -2.78. The summed E-state index contributed by atoms with van der Waals surface area (Å²) in [4.78, 5) is 124. The largest absolute Gasteiger partial charge is 0.550 e. The monoisotopic (exact) mass is 794 g/mol. The highest BCUT2D eigenvalue weighted by Crippen LogP contribution is 2.11.